The number of anilines is 4. The highest BCUT2D eigenvalue weighted by atomic mass is 35.5. The van der Waals surface area contributed by atoms with Gasteiger partial charge < -0.3 is 16.0 Å². The fraction of sp³-hybridized carbons (Fsp3) is 0.320. The summed E-state index contributed by atoms with van der Waals surface area (Å²) in [6.07, 6.45) is 3.77. The Labute approximate surface area is 204 Å². The van der Waals surface area contributed by atoms with Gasteiger partial charge in [-0.15, -0.1) is 0 Å². The minimum Gasteiger partial charge on any atom is -0.393 e. The molecule has 3 aromatic rings. The molecule has 6 nitrogen and oxygen atoms in total. The third-order valence-corrected chi connectivity index (χ3v) is 6.77. The Kier molecular flexibility index (Phi) is 6.92. The van der Waals surface area contributed by atoms with Crippen molar-refractivity contribution in [3.8, 4) is 6.07 Å². The van der Waals surface area contributed by atoms with E-state index in [0.717, 1.165) is 60.0 Å². The summed E-state index contributed by atoms with van der Waals surface area (Å²) in [4.78, 5) is 11.0. The number of aromatic nitrogens is 2. The van der Waals surface area contributed by atoms with E-state index in [9.17, 15) is 5.26 Å². The maximum Gasteiger partial charge on any atom is 0.159 e. The number of halogens is 2. The minimum atomic E-state index is -0.500. The zero-order chi connectivity index (χ0) is 23.5. The van der Waals surface area contributed by atoms with Crippen molar-refractivity contribution in [2.75, 3.05) is 29.0 Å². The SMILES string of the molecule is Cc1cc(C(C#N)c2ccc(Cl)cc2)c(Cl)cc1Nc1ncnc(N2CCC(C)CC2)c1N. The number of rotatable bonds is 5. The van der Waals surface area contributed by atoms with Crippen LogP contribution in [-0.2, 0) is 0 Å². The van der Waals surface area contributed by atoms with Gasteiger partial charge in [0, 0.05) is 28.8 Å². The van der Waals surface area contributed by atoms with E-state index in [4.69, 9.17) is 28.9 Å². The van der Waals surface area contributed by atoms with E-state index >= 15 is 0 Å². The molecule has 1 unspecified atom stereocenters. The molecule has 2 heterocycles. The zero-order valence-electron chi connectivity index (χ0n) is 18.6. The standard InChI is InChI=1S/C25H26Cl2N6/c1-15-7-9-33(10-8-15)25-23(29)24(30-14-31-25)32-22-12-21(27)19(11-16(22)2)20(13-28)17-3-5-18(26)6-4-17/h3-6,11-12,14-15,20H,7-10,29H2,1-2H3,(H,30,31,32). The molecule has 0 bridgehead atoms. The van der Waals surface area contributed by atoms with Crippen molar-refractivity contribution in [3.05, 3.63) is 69.5 Å². The molecule has 33 heavy (non-hydrogen) atoms. The van der Waals surface area contributed by atoms with E-state index in [1.165, 1.54) is 6.33 Å². The Hall–Kier alpha value is -3.01. The zero-order valence-corrected chi connectivity index (χ0v) is 20.2. The van der Waals surface area contributed by atoms with Gasteiger partial charge in [0.05, 0.1) is 12.0 Å². The average Bonchev–Trinajstić information content (AvgIpc) is 2.80. The maximum atomic E-state index is 9.83. The highest BCUT2D eigenvalue weighted by molar-refractivity contribution is 6.32. The largest absolute Gasteiger partial charge is 0.393 e. The van der Waals surface area contributed by atoms with E-state index in [0.29, 0.717) is 21.6 Å². The van der Waals surface area contributed by atoms with Crippen LogP contribution in [0, 0.1) is 24.2 Å². The number of benzene rings is 2. The Bertz CT molecular complexity index is 1180. The lowest BCUT2D eigenvalue weighted by Gasteiger charge is -2.32. The first-order valence-electron chi connectivity index (χ1n) is 10.9. The molecular formula is C25H26Cl2N6. The van der Waals surface area contributed by atoms with Gasteiger partial charge in [0.15, 0.2) is 11.6 Å². The van der Waals surface area contributed by atoms with Crippen LogP contribution in [0.1, 0.15) is 42.4 Å². The van der Waals surface area contributed by atoms with Crippen molar-refractivity contribution in [2.24, 2.45) is 5.92 Å². The van der Waals surface area contributed by atoms with Crippen molar-refractivity contribution in [1.82, 2.24) is 9.97 Å². The summed E-state index contributed by atoms with van der Waals surface area (Å²) in [5.41, 5.74) is 10.3. The van der Waals surface area contributed by atoms with Gasteiger partial charge in [-0.2, -0.15) is 5.26 Å². The molecule has 0 aliphatic carbocycles. The third kappa shape index (κ3) is 5.00. The normalized spacial score (nSPS) is 15.2. The molecule has 0 spiro atoms. The van der Waals surface area contributed by atoms with Crippen LogP contribution in [0.2, 0.25) is 10.0 Å². The number of nitrogen functional groups attached to an aromatic ring is 1. The van der Waals surface area contributed by atoms with Gasteiger partial charge in [-0.25, -0.2) is 9.97 Å². The number of hydrogen-bond acceptors (Lipinski definition) is 6. The number of nitriles is 1. The number of nitrogens with two attached hydrogens (primary N) is 1. The van der Waals surface area contributed by atoms with Crippen LogP contribution in [0.15, 0.2) is 42.7 Å². The molecule has 0 amide bonds. The molecule has 2 aromatic carbocycles. The summed E-state index contributed by atoms with van der Waals surface area (Å²) in [7, 11) is 0. The van der Waals surface area contributed by atoms with Crippen molar-refractivity contribution < 1.29 is 0 Å². The number of hydrogen-bond donors (Lipinski definition) is 2. The van der Waals surface area contributed by atoms with Crippen LogP contribution in [0.25, 0.3) is 0 Å². The molecule has 1 saturated heterocycles. The quantitative estimate of drug-likeness (QED) is 0.444. The van der Waals surface area contributed by atoms with Crippen molar-refractivity contribution in [2.45, 2.75) is 32.6 Å². The summed E-state index contributed by atoms with van der Waals surface area (Å²) in [5, 5.41) is 14.3. The summed E-state index contributed by atoms with van der Waals surface area (Å²) in [6.45, 7) is 6.10. The van der Waals surface area contributed by atoms with Gasteiger partial charge in [0.25, 0.3) is 0 Å². The van der Waals surface area contributed by atoms with Crippen LogP contribution < -0.4 is 16.0 Å². The van der Waals surface area contributed by atoms with E-state index in [-0.39, 0.29) is 0 Å². The van der Waals surface area contributed by atoms with Crippen LogP contribution in [-0.4, -0.2) is 23.1 Å². The van der Waals surface area contributed by atoms with E-state index in [1.54, 1.807) is 12.1 Å². The van der Waals surface area contributed by atoms with Gasteiger partial charge >= 0.3 is 0 Å². The maximum absolute atomic E-state index is 9.83. The van der Waals surface area contributed by atoms with Gasteiger partial charge in [-0.1, -0.05) is 48.3 Å². The molecule has 0 saturated carbocycles. The van der Waals surface area contributed by atoms with Crippen LogP contribution in [0.5, 0.6) is 0 Å². The predicted molar refractivity (Wildman–Crippen MR) is 135 cm³/mol. The lowest BCUT2D eigenvalue weighted by molar-refractivity contribution is 0.437. The Balaban J connectivity index is 1.61. The second-order valence-corrected chi connectivity index (χ2v) is 9.40. The second kappa shape index (κ2) is 9.86. The summed E-state index contributed by atoms with van der Waals surface area (Å²) >= 11 is 12.6. The van der Waals surface area contributed by atoms with Gasteiger partial charge in [-0.05, 0) is 60.6 Å². The third-order valence-electron chi connectivity index (χ3n) is 6.19. The van der Waals surface area contributed by atoms with Crippen molar-refractivity contribution >= 4 is 46.2 Å². The van der Waals surface area contributed by atoms with E-state index in [2.05, 4.69) is 33.2 Å². The molecule has 0 radical (unpaired) electrons. The summed E-state index contributed by atoms with van der Waals surface area (Å²) in [6, 6.07) is 13.3. The first-order chi connectivity index (χ1) is 15.9. The number of aryl methyl sites for hydroxylation is 1. The van der Waals surface area contributed by atoms with Crippen molar-refractivity contribution in [1.29, 1.82) is 5.26 Å². The monoisotopic (exact) mass is 480 g/mol. The van der Waals surface area contributed by atoms with Crippen LogP contribution >= 0.6 is 23.2 Å². The van der Waals surface area contributed by atoms with E-state index in [1.807, 2.05) is 31.2 Å². The Morgan fingerprint density at radius 1 is 1.15 bits per heavy atom. The summed E-state index contributed by atoms with van der Waals surface area (Å²) in [5.74, 6) is 1.52. The number of piperidine rings is 1. The molecule has 1 aliphatic heterocycles. The first-order valence-corrected chi connectivity index (χ1v) is 11.7. The fourth-order valence-corrected chi connectivity index (χ4v) is 4.52. The minimum absolute atomic E-state index is 0.488. The molecule has 170 valence electrons. The Morgan fingerprint density at radius 2 is 1.85 bits per heavy atom. The van der Waals surface area contributed by atoms with E-state index < -0.39 is 5.92 Å². The molecule has 1 atom stereocenters. The molecule has 1 aliphatic rings. The van der Waals surface area contributed by atoms with Gasteiger partial charge in [0.2, 0.25) is 0 Å². The Morgan fingerprint density at radius 3 is 2.52 bits per heavy atom. The molecular weight excluding hydrogens is 455 g/mol. The molecule has 1 aromatic heterocycles. The van der Waals surface area contributed by atoms with Crippen molar-refractivity contribution in [3.63, 3.8) is 0 Å². The molecule has 8 heteroatoms. The lowest BCUT2D eigenvalue weighted by Crippen LogP contribution is -2.34. The highest BCUT2D eigenvalue weighted by Crippen LogP contribution is 2.37. The molecule has 3 N–H and O–H groups in total. The molecule has 1 fully saturated rings. The van der Waals surface area contributed by atoms with Crippen LogP contribution in [0.3, 0.4) is 0 Å². The topological polar surface area (TPSA) is 90.9 Å². The first kappa shape index (κ1) is 23.2. The second-order valence-electron chi connectivity index (χ2n) is 8.56. The van der Waals surface area contributed by atoms with Crippen LogP contribution in [0.4, 0.5) is 23.0 Å². The average molecular weight is 481 g/mol. The fourth-order valence-electron chi connectivity index (χ4n) is 4.12. The lowest BCUT2D eigenvalue weighted by atomic mass is 9.91. The smallest absolute Gasteiger partial charge is 0.159 e. The highest BCUT2D eigenvalue weighted by Gasteiger charge is 2.22. The van der Waals surface area contributed by atoms with Gasteiger partial charge in [0.1, 0.15) is 12.0 Å². The summed E-state index contributed by atoms with van der Waals surface area (Å²) < 4.78 is 0. The number of nitrogens with zero attached hydrogens (tertiary/aromatic N) is 4. The predicted octanol–water partition coefficient (Wildman–Crippen LogP) is 6.31. The molecule has 4 rings (SSSR count). The number of nitrogens with one attached hydrogen (secondary N) is 1. The van der Waals surface area contributed by atoms with Gasteiger partial charge in [-0.3, -0.25) is 0 Å².